The average Bonchev–Trinajstić information content (AvgIpc) is 3.30. The Morgan fingerprint density at radius 1 is 1.19 bits per heavy atom. The Balaban J connectivity index is 1.70. The number of rotatable bonds is 6. The maximum Gasteiger partial charge on any atom is 0.129 e. The summed E-state index contributed by atoms with van der Waals surface area (Å²) < 4.78 is 0. The molecule has 21 heavy (non-hydrogen) atoms. The molecule has 0 radical (unpaired) electrons. The molecule has 110 valence electrons. The van der Waals surface area contributed by atoms with Gasteiger partial charge in [-0.25, -0.2) is 4.98 Å². The van der Waals surface area contributed by atoms with Gasteiger partial charge in [0.1, 0.15) is 5.82 Å². The number of hydrogen-bond donors (Lipinski definition) is 1. The summed E-state index contributed by atoms with van der Waals surface area (Å²) in [7, 11) is 2.08. The van der Waals surface area contributed by atoms with Crippen molar-refractivity contribution in [3.8, 4) is 0 Å². The molecule has 0 amide bonds. The van der Waals surface area contributed by atoms with E-state index in [1.807, 2.05) is 24.5 Å². The van der Waals surface area contributed by atoms with Crippen LogP contribution in [0.15, 0.2) is 36.7 Å². The van der Waals surface area contributed by atoms with Crippen LogP contribution in [0.1, 0.15) is 29.7 Å². The van der Waals surface area contributed by atoms with Crippen molar-refractivity contribution in [3.05, 3.63) is 53.5 Å². The first kappa shape index (κ1) is 14.0. The second-order valence-corrected chi connectivity index (χ2v) is 5.84. The Morgan fingerprint density at radius 2 is 1.95 bits per heavy atom. The van der Waals surface area contributed by atoms with E-state index in [2.05, 4.69) is 46.3 Å². The van der Waals surface area contributed by atoms with Crippen LogP contribution in [0.3, 0.4) is 0 Å². The monoisotopic (exact) mass is 282 g/mol. The number of anilines is 1. The summed E-state index contributed by atoms with van der Waals surface area (Å²) in [5, 5.41) is 3.56. The maximum absolute atomic E-state index is 4.66. The fourth-order valence-corrected chi connectivity index (χ4v) is 2.41. The minimum absolute atomic E-state index is 0.733. The van der Waals surface area contributed by atoms with Crippen molar-refractivity contribution in [3.63, 3.8) is 0 Å². The van der Waals surface area contributed by atoms with E-state index in [-0.39, 0.29) is 0 Å². The second-order valence-electron chi connectivity index (χ2n) is 5.84. The lowest BCUT2D eigenvalue weighted by Gasteiger charge is -2.19. The lowest BCUT2D eigenvalue weighted by atomic mass is 10.2. The number of nitrogens with zero attached hydrogens (tertiary/aromatic N) is 3. The molecule has 2 aromatic rings. The van der Waals surface area contributed by atoms with Crippen molar-refractivity contribution in [1.82, 2.24) is 15.3 Å². The van der Waals surface area contributed by atoms with Gasteiger partial charge in [0, 0.05) is 44.3 Å². The lowest BCUT2D eigenvalue weighted by molar-refractivity contribution is 0.686. The van der Waals surface area contributed by atoms with Crippen LogP contribution in [0, 0.1) is 6.92 Å². The van der Waals surface area contributed by atoms with Crippen molar-refractivity contribution in [2.45, 2.75) is 38.9 Å². The SMILES string of the molecule is Cc1cc(CNC2CC2)cc(N(C)Cc2ccncc2)n1. The molecule has 4 heteroatoms. The zero-order valence-corrected chi connectivity index (χ0v) is 12.7. The second kappa shape index (κ2) is 6.22. The molecule has 1 aliphatic carbocycles. The fraction of sp³-hybridized carbons (Fsp3) is 0.412. The molecule has 3 rings (SSSR count). The predicted molar refractivity (Wildman–Crippen MR) is 85.2 cm³/mol. The molecular formula is C17H22N4. The van der Waals surface area contributed by atoms with Gasteiger partial charge < -0.3 is 10.2 Å². The first-order chi connectivity index (χ1) is 10.2. The van der Waals surface area contributed by atoms with Crippen LogP contribution in [0.4, 0.5) is 5.82 Å². The van der Waals surface area contributed by atoms with Gasteiger partial charge in [0.15, 0.2) is 0 Å². The van der Waals surface area contributed by atoms with E-state index in [1.165, 1.54) is 24.0 Å². The van der Waals surface area contributed by atoms with E-state index < -0.39 is 0 Å². The standard InChI is InChI=1S/C17H22N4/c1-13-9-15(11-19-16-3-4-16)10-17(20-13)21(2)12-14-5-7-18-8-6-14/h5-10,16,19H,3-4,11-12H2,1-2H3. The summed E-state index contributed by atoms with van der Waals surface area (Å²) in [6.07, 6.45) is 6.30. The molecule has 2 heterocycles. The molecule has 0 unspecified atom stereocenters. The van der Waals surface area contributed by atoms with Gasteiger partial charge in [0.25, 0.3) is 0 Å². The van der Waals surface area contributed by atoms with Crippen LogP contribution in [-0.2, 0) is 13.1 Å². The molecule has 0 aromatic carbocycles. The zero-order chi connectivity index (χ0) is 14.7. The van der Waals surface area contributed by atoms with E-state index in [1.54, 1.807) is 0 Å². The van der Waals surface area contributed by atoms with Crippen molar-refractivity contribution in [1.29, 1.82) is 0 Å². The van der Waals surface area contributed by atoms with Crippen LogP contribution in [-0.4, -0.2) is 23.1 Å². The van der Waals surface area contributed by atoms with Gasteiger partial charge in [-0.1, -0.05) is 0 Å². The summed E-state index contributed by atoms with van der Waals surface area (Å²) in [4.78, 5) is 10.9. The molecule has 4 nitrogen and oxygen atoms in total. The van der Waals surface area contributed by atoms with Crippen LogP contribution in [0.25, 0.3) is 0 Å². The first-order valence-electron chi connectivity index (χ1n) is 7.52. The van der Waals surface area contributed by atoms with Crippen molar-refractivity contribution >= 4 is 5.82 Å². The van der Waals surface area contributed by atoms with E-state index in [9.17, 15) is 0 Å². The Kier molecular flexibility index (Phi) is 4.15. The summed E-state index contributed by atoms with van der Waals surface area (Å²) in [6.45, 7) is 3.84. The minimum Gasteiger partial charge on any atom is -0.355 e. The highest BCUT2D eigenvalue weighted by molar-refractivity contribution is 5.42. The third kappa shape index (κ3) is 4.02. The summed E-state index contributed by atoms with van der Waals surface area (Å²) in [5.74, 6) is 1.03. The van der Waals surface area contributed by atoms with Crippen LogP contribution in [0.2, 0.25) is 0 Å². The molecule has 2 aromatic heterocycles. The smallest absolute Gasteiger partial charge is 0.129 e. The molecule has 0 aliphatic heterocycles. The topological polar surface area (TPSA) is 41.0 Å². The Hall–Kier alpha value is -1.94. The molecule has 0 spiro atoms. The molecule has 0 bridgehead atoms. The molecule has 1 N–H and O–H groups in total. The third-order valence-electron chi connectivity index (χ3n) is 3.73. The Bertz CT molecular complexity index is 593. The largest absolute Gasteiger partial charge is 0.355 e. The molecule has 0 saturated heterocycles. The van der Waals surface area contributed by atoms with Crippen LogP contribution >= 0.6 is 0 Å². The van der Waals surface area contributed by atoms with Crippen molar-refractivity contribution in [2.24, 2.45) is 0 Å². The van der Waals surface area contributed by atoms with Gasteiger partial charge in [0.05, 0.1) is 0 Å². The Morgan fingerprint density at radius 3 is 2.67 bits per heavy atom. The highest BCUT2D eigenvalue weighted by Gasteiger charge is 2.20. The summed E-state index contributed by atoms with van der Waals surface area (Å²) >= 11 is 0. The van der Waals surface area contributed by atoms with Crippen molar-refractivity contribution in [2.75, 3.05) is 11.9 Å². The van der Waals surface area contributed by atoms with E-state index in [0.29, 0.717) is 0 Å². The number of hydrogen-bond acceptors (Lipinski definition) is 4. The predicted octanol–water partition coefficient (Wildman–Crippen LogP) is 2.67. The summed E-state index contributed by atoms with van der Waals surface area (Å²) in [6, 6.07) is 9.17. The number of nitrogens with one attached hydrogen (secondary N) is 1. The molecule has 1 fully saturated rings. The first-order valence-corrected chi connectivity index (χ1v) is 7.52. The molecule has 1 saturated carbocycles. The normalized spacial score (nSPS) is 14.2. The van der Waals surface area contributed by atoms with Crippen LogP contribution in [0.5, 0.6) is 0 Å². The van der Waals surface area contributed by atoms with Gasteiger partial charge in [-0.05, 0) is 55.2 Å². The quantitative estimate of drug-likeness (QED) is 0.884. The fourth-order valence-electron chi connectivity index (χ4n) is 2.41. The van der Waals surface area contributed by atoms with Gasteiger partial charge in [-0.15, -0.1) is 0 Å². The van der Waals surface area contributed by atoms with E-state index in [0.717, 1.165) is 30.6 Å². The average molecular weight is 282 g/mol. The van der Waals surface area contributed by atoms with E-state index >= 15 is 0 Å². The van der Waals surface area contributed by atoms with Gasteiger partial charge in [0.2, 0.25) is 0 Å². The van der Waals surface area contributed by atoms with E-state index in [4.69, 9.17) is 0 Å². The number of aryl methyl sites for hydroxylation is 1. The lowest BCUT2D eigenvalue weighted by Crippen LogP contribution is -2.20. The van der Waals surface area contributed by atoms with Crippen LogP contribution < -0.4 is 10.2 Å². The highest BCUT2D eigenvalue weighted by Crippen LogP contribution is 2.21. The number of pyridine rings is 2. The van der Waals surface area contributed by atoms with Gasteiger partial charge in [-0.2, -0.15) is 0 Å². The Labute approximate surface area is 126 Å². The molecular weight excluding hydrogens is 260 g/mol. The van der Waals surface area contributed by atoms with Gasteiger partial charge >= 0.3 is 0 Å². The summed E-state index contributed by atoms with van der Waals surface area (Å²) in [5.41, 5.74) is 3.63. The third-order valence-corrected chi connectivity index (χ3v) is 3.73. The zero-order valence-electron chi connectivity index (χ0n) is 12.7. The van der Waals surface area contributed by atoms with Gasteiger partial charge in [-0.3, -0.25) is 4.98 Å². The molecule has 1 aliphatic rings. The molecule has 0 atom stereocenters. The highest BCUT2D eigenvalue weighted by atomic mass is 15.2. The number of aromatic nitrogens is 2. The maximum atomic E-state index is 4.66. The minimum atomic E-state index is 0.733. The van der Waals surface area contributed by atoms with Crippen molar-refractivity contribution < 1.29 is 0 Å².